The second-order valence-electron chi connectivity index (χ2n) is 4.95. The Balaban J connectivity index is 3.73. The fourth-order valence-corrected chi connectivity index (χ4v) is 1.60. The first-order valence-corrected chi connectivity index (χ1v) is 6.01. The average Bonchev–Trinajstić information content (AvgIpc) is 2.23. The zero-order chi connectivity index (χ0) is 14.2. The van der Waals surface area contributed by atoms with Crippen LogP contribution in [-0.4, -0.2) is 63.9 Å². The van der Waals surface area contributed by atoms with Crippen LogP contribution in [0.2, 0.25) is 0 Å². The maximum Gasteiger partial charge on any atom is 0.471 e. The van der Waals surface area contributed by atoms with E-state index in [4.69, 9.17) is 0 Å². The van der Waals surface area contributed by atoms with E-state index < -0.39 is 12.1 Å². The summed E-state index contributed by atoms with van der Waals surface area (Å²) in [6.45, 7) is 2.68. The van der Waals surface area contributed by atoms with E-state index in [0.29, 0.717) is 6.42 Å². The van der Waals surface area contributed by atoms with E-state index in [1.54, 1.807) is 0 Å². The zero-order valence-electron chi connectivity index (χ0n) is 11.2. The summed E-state index contributed by atoms with van der Waals surface area (Å²) < 4.78 is 36.4. The molecule has 0 aromatic carbocycles. The van der Waals surface area contributed by atoms with Crippen LogP contribution in [-0.2, 0) is 4.79 Å². The molecule has 0 aliphatic heterocycles. The van der Waals surface area contributed by atoms with E-state index in [2.05, 4.69) is 5.32 Å². The molecule has 0 aliphatic rings. The SMILES string of the molecule is CNCCC[N+](C)(C)CCCNC(=O)C(F)(F)F. The molecule has 0 saturated heterocycles. The number of amides is 1. The molecule has 18 heavy (non-hydrogen) atoms. The minimum Gasteiger partial charge on any atom is -0.348 e. The summed E-state index contributed by atoms with van der Waals surface area (Å²) in [5.74, 6) is -1.86. The maximum atomic E-state index is 11.9. The van der Waals surface area contributed by atoms with E-state index in [1.165, 1.54) is 0 Å². The standard InChI is InChI=1S/C11H22F3N3O/c1-15-6-4-8-17(2,3)9-5-7-16-10(18)11(12,13)14/h15H,4-9H2,1-3H3/p+1. The van der Waals surface area contributed by atoms with Crippen LogP contribution in [0, 0.1) is 0 Å². The van der Waals surface area contributed by atoms with E-state index in [0.717, 1.165) is 30.5 Å². The smallest absolute Gasteiger partial charge is 0.348 e. The van der Waals surface area contributed by atoms with Gasteiger partial charge >= 0.3 is 12.1 Å². The first-order chi connectivity index (χ1) is 8.19. The molecule has 1 amide bonds. The predicted molar refractivity (Wildman–Crippen MR) is 64.1 cm³/mol. The molecule has 0 saturated carbocycles. The predicted octanol–water partition coefficient (Wildman–Crippen LogP) is 0.741. The van der Waals surface area contributed by atoms with Gasteiger partial charge in [0.25, 0.3) is 0 Å². The molecule has 0 aromatic rings. The molecular formula is C11H23F3N3O+. The highest BCUT2D eigenvalue weighted by molar-refractivity contribution is 5.81. The van der Waals surface area contributed by atoms with Crippen molar-refractivity contribution in [3.8, 4) is 0 Å². The Morgan fingerprint density at radius 2 is 1.61 bits per heavy atom. The molecule has 108 valence electrons. The van der Waals surface area contributed by atoms with Crippen molar-refractivity contribution < 1.29 is 22.4 Å². The molecule has 0 spiro atoms. The molecule has 0 fully saturated rings. The van der Waals surface area contributed by atoms with Crippen molar-refractivity contribution in [2.24, 2.45) is 0 Å². The normalized spacial score (nSPS) is 12.6. The van der Waals surface area contributed by atoms with E-state index in [-0.39, 0.29) is 6.54 Å². The number of hydrogen-bond donors (Lipinski definition) is 2. The summed E-state index contributed by atoms with van der Waals surface area (Å²) in [4.78, 5) is 10.6. The lowest BCUT2D eigenvalue weighted by molar-refractivity contribution is -0.890. The number of nitrogens with zero attached hydrogens (tertiary/aromatic N) is 1. The van der Waals surface area contributed by atoms with Gasteiger partial charge in [0, 0.05) is 25.9 Å². The topological polar surface area (TPSA) is 41.1 Å². The molecule has 0 aromatic heterocycles. The number of quaternary nitrogens is 1. The lowest BCUT2D eigenvalue weighted by atomic mass is 10.3. The molecule has 2 N–H and O–H groups in total. The van der Waals surface area contributed by atoms with E-state index in [9.17, 15) is 18.0 Å². The molecule has 0 rings (SSSR count). The molecule has 0 bridgehead atoms. The van der Waals surface area contributed by atoms with Gasteiger partial charge in [0.2, 0.25) is 0 Å². The second kappa shape index (κ2) is 7.58. The molecule has 4 nitrogen and oxygen atoms in total. The first kappa shape index (κ1) is 17.2. The Hall–Kier alpha value is -0.820. The van der Waals surface area contributed by atoms with Gasteiger partial charge in [0.15, 0.2) is 0 Å². The number of alkyl halides is 3. The van der Waals surface area contributed by atoms with Gasteiger partial charge in [-0.05, 0) is 7.05 Å². The van der Waals surface area contributed by atoms with Crippen LogP contribution in [0.3, 0.4) is 0 Å². The number of halogens is 3. The molecule has 0 unspecified atom stereocenters. The van der Waals surface area contributed by atoms with Gasteiger partial charge in [-0.15, -0.1) is 0 Å². The van der Waals surface area contributed by atoms with Crippen LogP contribution in [0.5, 0.6) is 0 Å². The van der Waals surface area contributed by atoms with Crippen molar-refractivity contribution in [1.82, 2.24) is 10.6 Å². The average molecular weight is 270 g/mol. The van der Waals surface area contributed by atoms with Crippen LogP contribution in [0.4, 0.5) is 13.2 Å². The molecule has 0 aliphatic carbocycles. The fourth-order valence-electron chi connectivity index (χ4n) is 1.60. The Morgan fingerprint density at radius 3 is 2.06 bits per heavy atom. The Kier molecular flexibility index (Phi) is 7.23. The van der Waals surface area contributed by atoms with Crippen LogP contribution in [0.1, 0.15) is 12.8 Å². The second-order valence-corrected chi connectivity index (χ2v) is 4.95. The highest BCUT2D eigenvalue weighted by Gasteiger charge is 2.38. The van der Waals surface area contributed by atoms with Crippen molar-refractivity contribution in [3.63, 3.8) is 0 Å². The third kappa shape index (κ3) is 8.30. The van der Waals surface area contributed by atoms with Crippen LogP contribution in [0.25, 0.3) is 0 Å². The van der Waals surface area contributed by atoms with Gasteiger partial charge < -0.3 is 15.1 Å². The quantitative estimate of drug-likeness (QED) is 0.504. The highest BCUT2D eigenvalue weighted by atomic mass is 19.4. The van der Waals surface area contributed by atoms with Crippen molar-refractivity contribution >= 4 is 5.91 Å². The van der Waals surface area contributed by atoms with Crippen molar-refractivity contribution in [2.75, 3.05) is 47.3 Å². The minimum atomic E-state index is -4.78. The van der Waals surface area contributed by atoms with Crippen LogP contribution < -0.4 is 10.6 Å². The minimum absolute atomic E-state index is 0.0616. The number of carbonyl (C=O) groups is 1. The highest BCUT2D eigenvalue weighted by Crippen LogP contribution is 2.13. The van der Waals surface area contributed by atoms with Gasteiger partial charge in [-0.25, -0.2) is 0 Å². The van der Waals surface area contributed by atoms with Crippen molar-refractivity contribution in [2.45, 2.75) is 19.0 Å². The maximum absolute atomic E-state index is 11.9. The number of hydrogen-bond acceptors (Lipinski definition) is 2. The summed E-state index contributed by atoms with van der Waals surface area (Å²) in [6.07, 6.45) is -3.23. The number of rotatable bonds is 8. The van der Waals surface area contributed by atoms with Crippen molar-refractivity contribution in [1.29, 1.82) is 0 Å². The largest absolute Gasteiger partial charge is 0.471 e. The molecule has 0 heterocycles. The monoisotopic (exact) mass is 270 g/mol. The van der Waals surface area contributed by atoms with Gasteiger partial charge in [0.05, 0.1) is 27.2 Å². The summed E-state index contributed by atoms with van der Waals surface area (Å²) in [6, 6.07) is 0. The Morgan fingerprint density at radius 1 is 1.11 bits per heavy atom. The number of carbonyl (C=O) groups excluding carboxylic acids is 1. The van der Waals surface area contributed by atoms with Crippen molar-refractivity contribution in [3.05, 3.63) is 0 Å². The summed E-state index contributed by atoms with van der Waals surface area (Å²) in [5.41, 5.74) is 0. The third-order valence-electron chi connectivity index (χ3n) is 2.67. The Labute approximate surface area is 106 Å². The Bertz CT molecular complexity index is 254. The van der Waals surface area contributed by atoms with Gasteiger partial charge in [-0.1, -0.05) is 0 Å². The van der Waals surface area contributed by atoms with E-state index >= 15 is 0 Å². The van der Waals surface area contributed by atoms with Gasteiger partial charge in [-0.3, -0.25) is 4.79 Å². The summed E-state index contributed by atoms with van der Waals surface area (Å²) in [5, 5.41) is 4.92. The summed E-state index contributed by atoms with van der Waals surface area (Å²) >= 11 is 0. The van der Waals surface area contributed by atoms with Crippen LogP contribution >= 0.6 is 0 Å². The van der Waals surface area contributed by atoms with E-state index in [1.807, 2.05) is 26.5 Å². The third-order valence-corrected chi connectivity index (χ3v) is 2.67. The van der Waals surface area contributed by atoms with Gasteiger partial charge in [-0.2, -0.15) is 13.2 Å². The number of nitrogens with one attached hydrogen (secondary N) is 2. The summed E-state index contributed by atoms with van der Waals surface area (Å²) in [7, 11) is 5.94. The molecule has 7 heteroatoms. The molecular weight excluding hydrogens is 247 g/mol. The van der Waals surface area contributed by atoms with Crippen LogP contribution in [0.15, 0.2) is 0 Å². The fraction of sp³-hybridized carbons (Fsp3) is 0.909. The first-order valence-electron chi connectivity index (χ1n) is 6.01. The molecule has 0 radical (unpaired) electrons. The zero-order valence-corrected chi connectivity index (χ0v) is 11.2. The van der Waals surface area contributed by atoms with Gasteiger partial charge in [0.1, 0.15) is 0 Å². The lowest BCUT2D eigenvalue weighted by Crippen LogP contribution is -2.44. The lowest BCUT2D eigenvalue weighted by Gasteiger charge is -2.29. The molecule has 0 atom stereocenters.